The van der Waals surface area contributed by atoms with Crippen molar-refractivity contribution in [2.24, 2.45) is 20.6 Å². The van der Waals surface area contributed by atoms with Gasteiger partial charge in [0.15, 0.2) is 0 Å². The molecule has 8 nitrogen and oxygen atoms in total. The van der Waals surface area contributed by atoms with Gasteiger partial charge in [-0.1, -0.05) is 20.6 Å². The monoisotopic (exact) mass is 291 g/mol. The van der Waals surface area contributed by atoms with Gasteiger partial charge in [-0.05, 0) is 27.7 Å². The standard InChI is InChI=1S/2C4H8N2O2.Co/c2*1-3(5-7)4(2)6-8;/h2*7-8H,1-2H3;/b2*5-3+,6-4+;. The van der Waals surface area contributed by atoms with Crippen LogP contribution >= 0.6 is 0 Å². The van der Waals surface area contributed by atoms with Crippen LogP contribution in [0.15, 0.2) is 20.6 Å². The van der Waals surface area contributed by atoms with Crippen LogP contribution in [0.5, 0.6) is 0 Å². The van der Waals surface area contributed by atoms with Crippen LogP contribution in [0.4, 0.5) is 0 Å². The van der Waals surface area contributed by atoms with E-state index in [1.54, 1.807) is 0 Å². The summed E-state index contributed by atoms with van der Waals surface area (Å²) in [4.78, 5) is 0. The second-order valence-corrected chi connectivity index (χ2v) is 2.74. The summed E-state index contributed by atoms with van der Waals surface area (Å²) in [5.74, 6) is 0. The fourth-order valence-electron chi connectivity index (χ4n) is 0.289. The Morgan fingerprint density at radius 1 is 0.529 bits per heavy atom. The van der Waals surface area contributed by atoms with E-state index in [0.717, 1.165) is 0 Å². The Bertz CT molecular complexity index is 261. The maximum absolute atomic E-state index is 8.03. The van der Waals surface area contributed by atoms with Gasteiger partial charge in [-0.15, -0.1) is 0 Å². The third-order valence-electron chi connectivity index (χ3n) is 1.65. The molecule has 0 aliphatic heterocycles. The molecule has 0 saturated carbocycles. The third-order valence-corrected chi connectivity index (χ3v) is 1.65. The minimum Gasteiger partial charge on any atom is -0.411 e. The summed E-state index contributed by atoms with van der Waals surface area (Å²) in [6.07, 6.45) is 0. The van der Waals surface area contributed by atoms with Crippen LogP contribution in [0.25, 0.3) is 0 Å². The number of hydrogen-bond acceptors (Lipinski definition) is 8. The van der Waals surface area contributed by atoms with Gasteiger partial charge in [-0.3, -0.25) is 0 Å². The van der Waals surface area contributed by atoms with E-state index in [1.807, 2.05) is 0 Å². The molecule has 0 aromatic rings. The Kier molecular flexibility index (Phi) is 15.2. The van der Waals surface area contributed by atoms with Gasteiger partial charge in [-0.25, -0.2) is 0 Å². The van der Waals surface area contributed by atoms with E-state index in [4.69, 9.17) is 20.8 Å². The van der Waals surface area contributed by atoms with E-state index in [-0.39, 0.29) is 16.8 Å². The first-order chi connectivity index (χ1) is 7.44. The van der Waals surface area contributed by atoms with Crippen LogP contribution < -0.4 is 0 Å². The minimum absolute atomic E-state index is 0. The normalized spacial score (nSPS) is 13.4. The third kappa shape index (κ3) is 10.7. The van der Waals surface area contributed by atoms with Crippen molar-refractivity contribution in [2.75, 3.05) is 0 Å². The second kappa shape index (κ2) is 12.5. The second-order valence-electron chi connectivity index (χ2n) is 2.74. The van der Waals surface area contributed by atoms with Crippen LogP contribution in [0.1, 0.15) is 27.7 Å². The van der Waals surface area contributed by atoms with Gasteiger partial charge in [0, 0.05) is 16.8 Å². The Morgan fingerprint density at radius 2 is 0.647 bits per heavy atom. The van der Waals surface area contributed by atoms with Gasteiger partial charge in [0.25, 0.3) is 0 Å². The van der Waals surface area contributed by atoms with Crippen molar-refractivity contribution in [1.82, 2.24) is 0 Å². The van der Waals surface area contributed by atoms with Crippen molar-refractivity contribution < 1.29 is 37.6 Å². The van der Waals surface area contributed by atoms with Crippen molar-refractivity contribution >= 4 is 22.8 Å². The van der Waals surface area contributed by atoms with E-state index in [0.29, 0.717) is 22.8 Å². The first kappa shape index (κ1) is 20.8. The van der Waals surface area contributed by atoms with Crippen molar-refractivity contribution in [3.63, 3.8) is 0 Å². The molecule has 4 N–H and O–H groups in total. The minimum atomic E-state index is 0. The molecule has 0 spiro atoms. The molecule has 0 atom stereocenters. The van der Waals surface area contributed by atoms with Crippen molar-refractivity contribution in [2.45, 2.75) is 27.7 Å². The van der Waals surface area contributed by atoms with Gasteiger partial charge in [-0.2, -0.15) is 0 Å². The summed E-state index contributed by atoms with van der Waals surface area (Å²) in [5.41, 5.74) is 1.25. The molecule has 0 aromatic carbocycles. The average molecular weight is 291 g/mol. The first-order valence-electron chi connectivity index (χ1n) is 4.19. The zero-order valence-electron chi connectivity index (χ0n) is 9.91. The summed E-state index contributed by atoms with van der Waals surface area (Å²) in [7, 11) is 0. The van der Waals surface area contributed by atoms with E-state index in [1.165, 1.54) is 27.7 Å². The molecule has 0 bridgehead atoms. The molecule has 0 unspecified atom stereocenters. The summed E-state index contributed by atoms with van der Waals surface area (Å²) in [6, 6.07) is 0. The van der Waals surface area contributed by atoms with Crippen molar-refractivity contribution in [3.8, 4) is 0 Å². The summed E-state index contributed by atoms with van der Waals surface area (Å²) < 4.78 is 0. The molecule has 0 fully saturated rings. The van der Waals surface area contributed by atoms with Crippen LogP contribution in [-0.2, 0) is 16.8 Å². The number of oxime groups is 4. The fourth-order valence-corrected chi connectivity index (χ4v) is 0.289. The van der Waals surface area contributed by atoms with Gasteiger partial charge >= 0.3 is 0 Å². The summed E-state index contributed by atoms with van der Waals surface area (Å²) >= 11 is 0. The Morgan fingerprint density at radius 3 is 0.706 bits per heavy atom. The predicted octanol–water partition coefficient (Wildman–Crippen LogP) is 1.37. The maximum Gasteiger partial charge on any atom is 0.101 e. The molecule has 0 aliphatic carbocycles. The topological polar surface area (TPSA) is 130 Å². The molecule has 0 rings (SSSR count). The smallest absolute Gasteiger partial charge is 0.101 e. The van der Waals surface area contributed by atoms with Crippen LogP contribution in [-0.4, -0.2) is 43.7 Å². The van der Waals surface area contributed by atoms with E-state index < -0.39 is 0 Å². The molecular formula is C8H16CoN4O4. The number of hydrogen-bond donors (Lipinski definition) is 4. The summed E-state index contributed by atoms with van der Waals surface area (Å²) in [5, 5.41) is 43.3. The number of rotatable bonds is 2. The SMILES string of the molecule is CC(=N\O)/C(C)=N/O.CC(=N\O)/C(C)=N/O.[Co]. The summed E-state index contributed by atoms with van der Waals surface area (Å²) in [6.45, 7) is 6.15. The molecule has 9 heteroatoms. The Hall–Kier alpha value is -1.61. The zero-order chi connectivity index (χ0) is 13.1. The molecule has 101 valence electrons. The molecular weight excluding hydrogens is 275 g/mol. The molecule has 0 saturated heterocycles. The zero-order valence-corrected chi connectivity index (χ0v) is 11.0. The molecule has 0 aliphatic rings. The van der Waals surface area contributed by atoms with Crippen LogP contribution in [0.3, 0.4) is 0 Å². The molecule has 1 radical (unpaired) electrons. The Balaban J connectivity index is -0.000000218. The quantitative estimate of drug-likeness (QED) is 0.347. The maximum atomic E-state index is 8.03. The van der Waals surface area contributed by atoms with Crippen molar-refractivity contribution in [3.05, 3.63) is 0 Å². The fraction of sp³-hybridized carbons (Fsp3) is 0.500. The molecule has 0 aromatic heterocycles. The van der Waals surface area contributed by atoms with Crippen molar-refractivity contribution in [1.29, 1.82) is 0 Å². The van der Waals surface area contributed by atoms with Gasteiger partial charge in [0.05, 0.1) is 0 Å². The largest absolute Gasteiger partial charge is 0.411 e. The molecule has 0 amide bonds. The first-order valence-corrected chi connectivity index (χ1v) is 4.19. The average Bonchev–Trinajstić information content (AvgIpc) is 2.35. The van der Waals surface area contributed by atoms with E-state index in [9.17, 15) is 0 Å². The number of nitrogens with zero attached hydrogens (tertiary/aromatic N) is 4. The van der Waals surface area contributed by atoms with Gasteiger partial charge in [0.1, 0.15) is 22.8 Å². The van der Waals surface area contributed by atoms with Crippen LogP contribution in [0.2, 0.25) is 0 Å². The predicted molar refractivity (Wildman–Crippen MR) is 59.6 cm³/mol. The Labute approximate surface area is 109 Å². The van der Waals surface area contributed by atoms with Crippen LogP contribution in [0, 0.1) is 0 Å². The molecule has 17 heavy (non-hydrogen) atoms. The van der Waals surface area contributed by atoms with Gasteiger partial charge < -0.3 is 20.8 Å². The molecule has 0 heterocycles. The van der Waals surface area contributed by atoms with E-state index >= 15 is 0 Å². The van der Waals surface area contributed by atoms with Gasteiger partial charge in [0.2, 0.25) is 0 Å². The van der Waals surface area contributed by atoms with E-state index in [2.05, 4.69) is 20.6 Å².